The molecule has 7 heteroatoms. The van der Waals surface area contributed by atoms with Crippen LogP contribution in [0.25, 0.3) is 0 Å². The molecule has 2 amide bonds. The summed E-state index contributed by atoms with van der Waals surface area (Å²) in [7, 11) is 1.54. The van der Waals surface area contributed by atoms with E-state index in [2.05, 4.69) is 31.3 Å². The van der Waals surface area contributed by atoms with Gasteiger partial charge in [0.25, 0.3) is 0 Å². The zero-order valence-electron chi connectivity index (χ0n) is 17.8. The number of nitrogens with zero attached hydrogens (tertiary/aromatic N) is 1. The van der Waals surface area contributed by atoms with Gasteiger partial charge >= 0.3 is 6.09 Å². The van der Waals surface area contributed by atoms with Crippen LogP contribution in [-0.4, -0.2) is 42.2 Å². The Labute approximate surface area is 173 Å². The van der Waals surface area contributed by atoms with E-state index in [1.54, 1.807) is 7.11 Å². The number of nitrogens with two attached hydrogens (primary N) is 1. The zero-order chi connectivity index (χ0) is 21.6. The minimum atomic E-state index is -1.02. The number of methoxy groups -OCH3 is 1. The highest BCUT2D eigenvalue weighted by atomic mass is 16.5. The predicted molar refractivity (Wildman–Crippen MR) is 115 cm³/mol. The fourth-order valence-electron chi connectivity index (χ4n) is 2.84. The van der Waals surface area contributed by atoms with Crippen LogP contribution in [0.4, 0.5) is 4.79 Å². The van der Waals surface area contributed by atoms with Gasteiger partial charge in [-0.1, -0.05) is 38.1 Å². The average Bonchev–Trinajstić information content (AvgIpc) is 2.68. The summed E-state index contributed by atoms with van der Waals surface area (Å²) >= 11 is 0. The van der Waals surface area contributed by atoms with E-state index in [0.29, 0.717) is 24.6 Å². The van der Waals surface area contributed by atoms with Gasteiger partial charge in [-0.2, -0.15) is 0 Å². The molecule has 1 aromatic carbocycles. The number of hydrogen-bond donors (Lipinski definition) is 3. The Hall–Kier alpha value is -2.54. The molecule has 29 heavy (non-hydrogen) atoms. The largest absolute Gasteiger partial charge is 0.496 e. The second-order valence-corrected chi connectivity index (χ2v) is 7.33. The van der Waals surface area contributed by atoms with Crippen molar-refractivity contribution < 1.29 is 19.4 Å². The maximum atomic E-state index is 12.0. The molecule has 0 bridgehead atoms. The molecule has 0 unspecified atom stereocenters. The van der Waals surface area contributed by atoms with Crippen molar-refractivity contribution in [3.63, 3.8) is 0 Å². The van der Waals surface area contributed by atoms with Crippen molar-refractivity contribution in [3.8, 4) is 5.75 Å². The van der Waals surface area contributed by atoms with Crippen LogP contribution >= 0.6 is 0 Å². The Balaban J connectivity index is 2.50. The van der Waals surface area contributed by atoms with Gasteiger partial charge in [-0.15, -0.1) is 0 Å². The summed E-state index contributed by atoms with van der Waals surface area (Å²) in [6, 6.07) is 5.53. The zero-order valence-corrected chi connectivity index (χ0v) is 17.8. The molecule has 162 valence electrons. The molecule has 0 heterocycles. The SMILES string of the molecule is COc1cc(CNC(=O)CCCCC=CC(C)C)ccc1CN(CCN)C(=O)O. The molecule has 1 aromatic rings. The molecule has 0 aliphatic carbocycles. The number of unbranched alkanes of at least 4 members (excludes halogenated alkanes) is 2. The summed E-state index contributed by atoms with van der Waals surface area (Å²) < 4.78 is 5.40. The lowest BCUT2D eigenvalue weighted by Crippen LogP contribution is -2.33. The smallest absolute Gasteiger partial charge is 0.407 e. The van der Waals surface area contributed by atoms with Gasteiger partial charge in [0.15, 0.2) is 0 Å². The molecule has 0 aromatic heterocycles. The maximum Gasteiger partial charge on any atom is 0.407 e. The maximum absolute atomic E-state index is 12.0. The van der Waals surface area contributed by atoms with Crippen LogP contribution in [0.1, 0.15) is 50.7 Å². The lowest BCUT2D eigenvalue weighted by atomic mass is 10.1. The van der Waals surface area contributed by atoms with E-state index in [1.165, 1.54) is 4.90 Å². The van der Waals surface area contributed by atoms with Gasteiger partial charge in [0, 0.05) is 31.6 Å². The molecule has 0 spiro atoms. The van der Waals surface area contributed by atoms with Gasteiger partial charge in [0.05, 0.1) is 13.7 Å². The molecule has 7 nitrogen and oxygen atoms in total. The Morgan fingerprint density at radius 1 is 1.31 bits per heavy atom. The normalized spacial score (nSPS) is 11.1. The third kappa shape index (κ3) is 9.99. The number of carboxylic acid groups (broad SMARTS) is 1. The van der Waals surface area contributed by atoms with Gasteiger partial charge in [0.2, 0.25) is 5.91 Å². The van der Waals surface area contributed by atoms with Crippen LogP contribution in [0.3, 0.4) is 0 Å². The molecule has 0 saturated heterocycles. The van der Waals surface area contributed by atoms with Crippen molar-refractivity contribution in [3.05, 3.63) is 41.5 Å². The summed E-state index contributed by atoms with van der Waals surface area (Å²) in [6.07, 6.45) is 6.72. The van der Waals surface area contributed by atoms with Crippen molar-refractivity contribution in [1.82, 2.24) is 10.2 Å². The molecule has 4 N–H and O–H groups in total. The van der Waals surface area contributed by atoms with Crippen molar-refractivity contribution in [2.45, 2.75) is 52.6 Å². The highest BCUT2D eigenvalue weighted by molar-refractivity contribution is 5.75. The molecule has 0 fully saturated rings. The second-order valence-electron chi connectivity index (χ2n) is 7.33. The molecular weight excluding hydrogens is 370 g/mol. The second kappa shape index (κ2) is 13.6. The summed E-state index contributed by atoms with van der Waals surface area (Å²) in [5.74, 6) is 1.19. The fraction of sp³-hybridized carbons (Fsp3) is 0.545. The summed E-state index contributed by atoms with van der Waals surface area (Å²) in [5, 5.41) is 12.2. The molecular formula is C22H35N3O4. The van der Waals surface area contributed by atoms with Crippen molar-refractivity contribution >= 4 is 12.0 Å². The van der Waals surface area contributed by atoms with Crippen molar-refractivity contribution in [1.29, 1.82) is 0 Å². The molecule has 1 rings (SSSR count). The first-order valence-electron chi connectivity index (χ1n) is 10.1. The van der Waals surface area contributed by atoms with E-state index < -0.39 is 6.09 Å². The lowest BCUT2D eigenvalue weighted by molar-refractivity contribution is -0.121. The third-order valence-electron chi connectivity index (χ3n) is 4.42. The van der Waals surface area contributed by atoms with E-state index in [4.69, 9.17) is 10.5 Å². The minimum absolute atomic E-state index is 0.0286. The van der Waals surface area contributed by atoms with Crippen molar-refractivity contribution in [2.75, 3.05) is 20.2 Å². The minimum Gasteiger partial charge on any atom is -0.496 e. The Morgan fingerprint density at radius 3 is 2.69 bits per heavy atom. The van der Waals surface area contributed by atoms with E-state index in [0.717, 1.165) is 30.4 Å². The number of ether oxygens (including phenoxy) is 1. The monoisotopic (exact) mass is 405 g/mol. The highest BCUT2D eigenvalue weighted by Gasteiger charge is 2.14. The predicted octanol–water partition coefficient (Wildman–Crippen LogP) is 3.52. The Bertz CT molecular complexity index is 674. The topological polar surface area (TPSA) is 105 Å². The van der Waals surface area contributed by atoms with Gasteiger partial charge < -0.3 is 25.8 Å². The fourth-order valence-corrected chi connectivity index (χ4v) is 2.84. The van der Waals surface area contributed by atoms with Gasteiger partial charge in [0.1, 0.15) is 5.75 Å². The number of hydrogen-bond acceptors (Lipinski definition) is 4. The lowest BCUT2D eigenvalue weighted by Gasteiger charge is -2.20. The van der Waals surface area contributed by atoms with Gasteiger partial charge in [-0.25, -0.2) is 4.79 Å². The quantitative estimate of drug-likeness (QED) is 0.344. The van der Waals surface area contributed by atoms with Gasteiger partial charge in [-0.3, -0.25) is 4.79 Å². The standard InChI is InChI=1S/C22H35N3O4/c1-17(2)8-6-4-5-7-9-21(26)24-15-18-10-11-19(20(14-18)29-3)16-25(13-12-23)22(27)28/h6,8,10-11,14,17H,4-5,7,9,12-13,15-16,23H2,1-3H3,(H,24,26)(H,27,28). The van der Waals surface area contributed by atoms with Gasteiger partial charge in [-0.05, 0) is 36.8 Å². The number of allylic oxidation sites excluding steroid dienone is 2. The van der Waals surface area contributed by atoms with Crippen LogP contribution in [0.5, 0.6) is 5.75 Å². The Kier molecular flexibility index (Phi) is 11.5. The molecule has 0 atom stereocenters. The summed E-state index contributed by atoms with van der Waals surface area (Å²) in [4.78, 5) is 24.6. The molecule has 0 aliphatic heterocycles. The van der Waals surface area contributed by atoms with Crippen molar-refractivity contribution in [2.24, 2.45) is 11.7 Å². The molecule has 0 aliphatic rings. The van der Waals surface area contributed by atoms with Crippen LogP contribution in [-0.2, 0) is 17.9 Å². The first-order valence-corrected chi connectivity index (χ1v) is 10.1. The molecule has 0 saturated carbocycles. The van der Waals surface area contributed by atoms with Crippen LogP contribution in [0.2, 0.25) is 0 Å². The number of carbonyl (C=O) groups is 2. The Morgan fingerprint density at radius 2 is 2.07 bits per heavy atom. The van der Waals surface area contributed by atoms with Crippen LogP contribution < -0.4 is 15.8 Å². The van der Waals surface area contributed by atoms with E-state index in [9.17, 15) is 14.7 Å². The van der Waals surface area contributed by atoms with Crippen LogP contribution in [0, 0.1) is 5.92 Å². The van der Waals surface area contributed by atoms with Crippen LogP contribution in [0.15, 0.2) is 30.4 Å². The third-order valence-corrected chi connectivity index (χ3v) is 4.42. The molecule has 0 radical (unpaired) electrons. The summed E-state index contributed by atoms with van der Waals surface area (Å²) in [5.41, 5.74) is 7.13. The number of benzene rings is 1. The van der Waals surface area contributed by atoms with E-state index >= 15 is 0 Å². The number of nitrogens with one attached hydrogen (secondary N) is 1. The number of carbonyl (C=O) groups excluding carboxylic acids is 1. The number of amides is 2. The first-order chi connectivity index (χ1) is 13.9. The first kappa shape index (κ1) is 24.5. The summed E-state index contributed by atoms with van der Waals surface area (Å²) in [6.45, 7) is 5.42. The van der Waals surface area contributed by atoms with E-state index in [1.807, 2.05) is 18.2 Å². The van der Waals surface area contributed by atoms with E-state index in [-0.39, 0.29) is 25.5 Å². The average molecular weight is 406 g/mol. The highest BCUT2D eigenvalue weighted by Crippen LogP contribution is 2.22. The number of rotatable bonds is 13.